The first-order chi connectivity index (χ1) is 8.22. The lowest BCUT2D eigenvalue weighted by atomic mass is 10.0. The molecule has 1 aromatic carbocycles. The maximum atomic E-state index is 13.0. The second-order valence-corrected chi connectivity index (χ2v) is 5.96. The van der Waals surface area contributed by atoms with E-state index in [1.807, 2.05) is 6.07 Å². The van der Waals surface area contributed by atoms with Gasteiger partial charge in [-0.2, -0.15) is 0 Å². The summed E-state index contributed by atoms with van der Waals surface area (Å²) < 4.78 is 13.9. The number of halogens is 3. The fourth-order valence-electron chi connectivity index (χ4n) is 2.97. The van der Waals surface area contributed by atoms with Gasteiger partial charge in [0, 0.05) is 24.1 Å². The highest BCUT2D eigenvalue weighted by atomic mass is 79.9. The summed E-state index contributed by atoms with van der Waals surface area (Å²) in [6.45, 7) is 5.58. The molecule has 2 aliphatic rings. The van der Waals surface area contributed by atoms with Crippen molar-refractivity contribution >= 4 is 28.3 Å². The third kappa shape index (κ3) is 2.87. The molecule has 0 aromatic heterocycles. The van der Waals surface area contributed by atoms with Crippen LogP contribution in [0.4, 0.5) is 4.39 Å². The van der Waals surface area contributed by atoms with E-state index in [1.54, 1.807) is 12.1 Å². The molecule has 2 saturated heterocycles. The van der Waals surface area contributed by atoms with Crippen LogP contribution in [0.1, 0.15) is 5.56 Å². The minimum Gasteiger partial charge on any atom is -0.316 e. The Balaban J connectivity index is 0.00000120. The minimum atomic E-state index is -0.178. The molecule has 0 bridgehead atoms. The summed E-state index contributed by atoms with van der Waals surface area (Å²) in [6.07, 6.45) is 0. The van der Waals surface area contributed by atoms with Crippen molar-refractivity contribution in [2.24, 2.45) is 11.8 Å². The highest BCUT2D eigenvalue weighted by Crippen LogP contribution is 2.29. The van der Waals surface area contributed by atoms with E-state index in [-0.39, 0.29) is 18.2 Å². The van der Waals surface area contributed by atoms with Gasteiger partial charge in [-0.3, -0.25) is 4.90 Å². The molecule has 2 nitrogen and oxygen atoms in total. The molecule has 0 amide bonds. The maximum Gasteiger partial charge on any atom is 0.124 e. The summed E-state index contributed by atoms with van der Waals surface area (Å²) in [5, 5.41) is 3.44. The molecule has 2 aliphatic heterocycles. The van der Waals surface area contributed by atoms with Crippen LogP contribution in [0.15, 0.2) is 22.7 Å². The fourth-order valence-corrected chi connectivity index (χ4v) is 3.45. The lowest BCUT2D eigenvalue weighted by molar-refractivity contribution is 0.305. The fraction of sp³-hybridized carbons (Fsp3) is 0.538. The minimum absolute atomic E-state index is 0. The van der Waals surface area contributed by atoms with Crippen LogP contribution < -0.4 is 5.32 Å². The lowest BCUT2D eigenvalue weighted by Crippen LogP contribution is -2.25. The van der Waals surface area contributed by atoms with Crippen molar-refractivity contribution in [3.63, 3.8) is 0 Å². The molecular weight excluding hydrogens is 319 g/mol. The Morgan fingerprint density at radius 1 is 1.28 bits per heavy atom. The Morgan fingerprint density at radius 3 is 2.56 bits per heavy atom. The van der Waals surface area contributed by atoms with E-state index in [4.69, 9.17) is 0 Å². The first-order valence-electron chi connectivity index (χ1n) is 6.09. The van der Waals surface area contributed by atoms with E-state index in [0.29, 0.717) is 0 Å². The molecule has 0 spiro atoms. The Hall–Kier alpha value is -0.160. The van der Waals surface area contributed by atoms with Crippen molar-refractivity contribution in [1.82, 2.24) is 10.2 Å². The number of nitrogens with one attached hydrogen (secondary N) is 1. The Labute approximate surface area is 121 Å². The van der Waals surface area contributed by atoms with E-state index < -0.39 is 0 Å². The molecule has 100 valence electrons. The van der Waals surface area contributed by atoms with Crippen LogP contribution in [0.2, 0.25) is 0 Å². The molecule has 5 heteroatoms. The zero-order valence-electron chi connectivity index (χ0n) is 10.0. The summed E-state index contributed by atoms with van der Waals surface area (Å²) >= 11 is 3.44. The topological polar surface area (TPSA) is 15.3 Å². The maximum absolute atomic E-state index is 13.0. The molecule has 2 fully saturated rings. The number of nitrogens with zero attached hydrogens (tertiary/aromatic N) is 1. The second-order valence-electron chi connectivity index (χ2n) is 5.11. The highest BCUT2D eigenvalue weighted by molar-refractivity contribution is 9.10. The van der Waals surface area contributed by atoms with E-state index >= 15 is 0 Å². The van der Waals surface area contributed by atoms with Crippen LogP contribution in [-0.4, -0.2) is 31.1 Å². The largest absolute Gasteiger partial charge is 0.316 e. The third-order valence-electron chi connectivity index (χ3n) is 3.87. The molecule has 1 N–H and O–H groups in total. The first-order valence-corrected chi connectivity index (χ1v) is 6.88. The molecule has 0 unspecified atom stereocenters. The number of rotatable bonds is 2. The van der Waals surface area contributed by atoms with Crippen molar-refractivity contribution in [2.45, 2.75) is 6.54 Å². The van der Waals surface area contributed by atoms with Crippen LogP contribution in [0.3, 0.4) is 0 Å². The number of hydrogen-bond acceptors (Lipinski definition) is 2. The average Bonchev–Trinajstić information content (AvgIpc) is 2.82. The summed E-state index contributed by atoms with van der Waals surface area (Å²) in [4.78, 5) is 2.48. The standard InChI is InChI=1S/C13H16BrFN2.ClH/c14-13-3-12(15)2-1-9(13)6-17-7-10-4-16-5-11(10)8-17;/h1-3,10-11,16H,4-8H2;1H/t10-,11+;. The van der Waals surface area contributed by atoms with Crippen molar-refractivity contribution in [1.29, 1.82) is 0 Å². The Kier molecular flexibility index (Phi) is 4.64. The van der Waals surface area contributed by atoms with Gasteiger partial charge in [0.1, 0.15) is 5.82 Å². The predicted molar refractivity (Wildman–Crippen MR) is 76.5 cm³/mol. The van der Waals surface area contributed by atoms with E-state index in [1.165, 1.54) is 18.7 Å². The van der Waals surface area contributed by atoms with Crippen LogP contribution in [0.5, 0.6) is 0 Å². The van der Waals surface area contributed by atoms with Gasteiger partial charge in [0.25, 0.3) is 0 Å². The number of likely N-dealkylation sites (tertiary alicyclic amines) is 1. The van der Waals surface area contributed by atoms with Gasteiger partial charge < -0.3 is 5.32 Å². The van der Waals surface area contributed by atoms with Crippen molar-refractivity contribution in [3.8, 4) is 0 Å². The monoisotopic (exact) mass is 334 g/mol. The highest BCUT2D eigenvalue weighted by Gasteiger charge is 2.35. The molecular formula is C13H17BrClFN2. The Bertz CT molecular complexity index is 417. The van der Waals surface area contributed by atoms with E-state index in [2.05, 4.69) is 26.1 Å². The smallest absolute Gasteiger partial charge is 0.124 e. The van der Waals surface area contributed by atoms with Crippen molar-refractivity contribution in [2.75, 3.05) is 26.2 Å². The number of hydrogen-bond donors (Lipinski definition) is 1. The molecule has 0 aliphatic carbocycles. The van der Waals surface area contributed by atoms with E-state index in [9.17, 15) is 4.39 Å². The van der Waals surface area contributed by atoms with Gasteiger partial charge in [0.2, 0.25) is 0 Å². The van der Waals surface area contributed by atoms with E-state index in [0.717, 1.165) is 35.9 Å². The third-order valence-corrected chi connectivity index (χ3v) is 4.61. The molecule has 1 aromatic rings. The quantitative estimate of drug-likeness (QED) is 0.894. The van der Waals surface area contributed by atoms with Gasteiger partial charge in [-0.05, 0) is 42.6 Å². The van der Waals surface area contributed by atoms with Gasteiger partial charge in [-0.25, -0.2) is 4.39 Å². The molecule has 2 atom stereocenters. The zero-order chi connectivity index (χ0) is 11.8. The summed E-state index contributed by atoms with van der Waals surface area (Å²) in [6, 6.07) is 4.97. The van der Waals surface area contributed by atoms with Gasteiger partial charge in [0.15, 0.2) is 0 Å². The predicted octanol–water partition coefficient (Wildman–Crippen LogP) is 2.66. The van der Waals surface area contributed by atoms with Gasteiger partial charge in [-0.1, -0.05) is 22.0 Å². The molecule has 2 heterocycles. The first kappa shape index (κ1) is 14.3. The lowest BCUT2D eigenvalue weighted by Gasteiger charge is -2.17. The Morgan fingerprint density at radius 2 is 1.94 bits per heavy atom. The summed E-state index contributed by atoms with van der Waals surface area (Å²) in [5.74, 6) is 1.45. The normalized spacial score (nSPS) is 27.0. The molecule has 0 radical (unpaired) electrons. The van der Waals surface area contributed by atoms with Gasteiger partial charge >= 0.3 is 0 Å². The summed E-state index contributed by atoms with van der Waals surface area (Å²) in [5.41, 5.74) is 1.18. The SMILES string of the molecule is Cl.Fc1ccc(CN2C[C@H]3CNC[C@H]3C2)c(Br)c1. The number of fused-ring (bicyclic) bond motifs is 1. The van der Waals surface area contributed by atoms with Gasteiger partial charge in [0.05, 0.1) is 0 Å². The number of benzene rings is 1. The van der Waals surface area contributed by atoms with Crippen molar-refractivity contribution in [3.05, 3.63) is 34.1 Å². The zero-order valence-corrected chi connectivity index (χ0v) is 12.4. The molecule has 3 rings (SSSR count). The van der Waals surface area contributed by atoms with Crippen molar-refractivity contribution < 1.29 is 4.39 Å². The second kappa shape index (κ2) is 5.87. The van der Waals surface area contributed by atoms with Gasteiger partial charge in [-0.15, -0.1) is 12.4 Å². The van der Waals surface area contributed by atoms with Crippen LogP contribution in [0.25, 0.3) is 0 Å². The average molecular weight is 336 g/mol. The summed E-state index contributed by atoms with van der Waals surface area (Å²) in [7, 11) is 0. The van der Waals surface area contributed by atoms with Crippen LogP contribution >= 0.6 is 28.3 Å². The van der Waals surface area contributed by atoms with Crippen LogP contribution in [-0.2, 0) is 6.54 Å². The molecule has 18 heavy (non-hydrogen) atoms. The molecule has 0 saturated carbocycles. The van der Waals surface area contributed by atoms with Crippen LogP contribution in [0, 0.1) is 17.7 Å².